The molecular weight excluding hydrogens is 523 g/mol. The van der Waals surface area contributed by atoms with Gasteiger partial charge in [-0.25, -0.2) is 14.5 Å². The quantitative estimate of drug-likeness (QED) is 0.316. The fourth-order valence-corrected chi connectivity index (χ4v) is 5.92. The van der Waals surface area contributed by atoms with Crippen molar-refractivity contribution in [3.8, 4) is 5.75 Å². The Hall–Kier alpha value is -3.57. The van der Waals surface area contributed by atoms with Crippen LogP contribution in [0.25, 0.3) is 0 Å². The minimum Gasteiger partial charge on any atom is -0.460 e. The lowest BCUT2D eigenvalue weighted by atomic mass is 10.2. The summed E-state index contributed by atoms with van der Waals surface area (Å²) in [5.41, 5.74) is 6.79. The Morgan fingerprint density at radius 3 is 2.67 bits per heavy atom. The standard InChI is InChI=1S/C26H31N6O6P/c1-18(26(33)35-14-19-8-4-2-5-9-19)31-39(34,38-20-10-6-3-7-11-20)36-15-21-12-13-22(37-21)32-17-30-23-24(27)28-16-29-25(23)32/h2-11,16-18,21-23,25H,12-15H2,1H3,(H,31,34)(H2,27,28,29)/t18-,21?,22+,23?,25?,39?/m0/s1. The van der Waals surface area contributed by atoms with Crippen LogP contribution in [0.2, 0.25) is 0 Å². The van der Waals surface area contributed by atoms with Crippen LogP contribution in [0, 0.1) is 0 Å². The maximum absolute atomic E-state index is 13.8. The molecule has 3 N–H and O–H groups in total. The summed E-state index contributed by atoms with van der Waals surface area (Å²) in [5.74, 6) is 0.153. The fraction of sp³-hybridized carbons (Fsp3) is 0.385. The normalized spacial score (nSPS) is 26.0. The number of hydrogen-bond acceptors (Lipinski definition) is 11. The maximum atomic E-state index is 13.8. The van der Waals surface area contributed by atoms with E-state index >= 15 is 0 Å². The number of hydrogen-bond donors (Lipinski definition) is 2. The van der Waals surface area contributed by atoms with Crippen LogP contribution in [0.3, 0.4) is 0 Å². The first-order valence-corrected chi connectivity index (χ1v) is 14.2. The Morgan fingerprint density at radius 2 is 1.90 bits per heavy atom. The second-order valence-electron chi connectivity index (χ2n) is 9.32. The number of carbonyl (C=O) groups is 1. The predicted molar refractivity (Wildman–Crippen MR) is 145 cm³/mol. The average Bonchev–Trinajstić information content (AvgIpc) is 3.59. The van der Waals surface area contributed by atoms with Crippen LogP contribution in [0.5, 0.6) is 5.75 Å². The van der Waals surface area contributed by atoms with Gasteiger partial charge < -0.3 is 24.6 Å². The maximum Gasteiger partial charge on any atom is 0.459 e. The molecule has 39 heavy (non-hydrogen) atoms. The zero-order chi connectivity index (χ0) is 27.2. The predicted octanol–water partition coefficient (Wildman–Crippen LogP) is 2.85. The van der Waals surface area contributed by atoms with E-state index in [9.17, 15) is 9.36 Å². The van der Waals surface area contributed by atoms with Crippen LogP contribution in [0.15, 0.2) is 75.6 Å². The molecule has 1 saturated heterocycles. The van der Waals surface area contributed by atoms with Crippen molar-refractivity contribution in [2.75, 3.05) is 6.61 Å². The smallest absolute Gasteiger partial charge is 0.459 e. The molecule has 3 aliphatic rings. The number of rotatable bonds is 11. The number of nitrogens with zero attached hydrogens (tertiary/aromatic N) is 4. The lowest BCUT2D eigenvalue weighted by molar-refractivity contribution is -0.146. The van der Waals surface area contributed by atoms with E-state index in [1.807, 2.05) is 41.3 Å². The van der Waals surface area contributed by atoms with Gasteiger partial charge in [-0.05, 0) is 37.5 Å². The molecule has 5 rings (SSSR count). The van der Waals surface area contributed by atoms with E-state index in [1.165, 1.54) is 6.34 Å². The molecule has 0 spiro atoms. The topological polar surface area (TPSA) is 149 Å². The van der Waals surface area contributed by atoms with Crippen molar-refractivity contribution in [1.82, 2.24) is 9.99 Å². The second kappa shape index (κ2) is 12.1. The van der Waals surface area contributed by atoms with Gasteiger partial charge in [0, 0.05) is 0 Å². The molecule has 0 amide bonds. The van der Waals surface area contributed by atoms with Crippen molar-refractivity contribution in [3.63, 3.8) is 0 Å². The van der Waals surface area contributed by atoms with E-state index in [0.717, 1.165) is 5.56 Å². The first-order chi connectivity index (χ1) is 18.9. The average molecular weight is 555 g/mol. The van der Waals surface area contributed by atoms with E-state index in [0.29, 0.717) is 24.4 Å². The highest BCUT2D eigenvalue weighted by molar-refractivity contribution is 7.52. The summed E-state index contributed by atoms with van der Waals surface area (Å²) in [5, 5.41) is 2.71. The zero-order valence-corrected chi connectivity index (χ0v) is 22.3. The Balaban J connectivity index is 1.18. The molecular formula is C26H31N6O6P. The number of fused-ring (bicyclic) bond motifs is 1. The number of ether oxygens (including phenoxy) is 2. The van der Waals surface area contributed by atoms with Crippen LogP contribution < -0.4 is 15.3 Å². The Labute approximate surface area is 226 Å². The minimum atomic E-state index is -4.00. The third kappa shape index (κ3) is 6.72. The van der Waals surface area contributed by atoms with Gasteiger partial charge in [0.15, 0.2) is 6.17 Å². The van der Waals surface area contributed by atoms with Crippen LogP contribution >= 0.6 is 7.75 Å². The van der Waals surface area contributed by atoms with Crippen molar-refractivity contribution in [3.05, 3.63) is 66.2 Å². The van der Waals surface area contributed by atoms with E-state index in [-0.39, 0.29) is 37.8 Å². The first-order valence-electron chi connectivity index (χ1n) is 12.7. The number of nitrogens with one attached hydrogen (secondary N) is 1. The Bertz CT molecular complexity index is 1280. The van der Waals surface area contributed by atoms with E-state index in [4.69, 9.17) is 24.3 Å². The third-order valence-electron chi connectivity index (χ3n) is 6.42. The van der Waals surface area contributed by atoms with Crippen molar-refractivity contribution in [2.45, 2.75) is 57.0 Å². The number of benzene rings is 2. The van der Waals surface area contributed by atoms with E-state index < -0.39 is 19.8 Å². The molecule has 4 unspecified atom stereocenters. The van der Waals surface area contributed by atoms with Crippen molar-refractivity contribution < 1.29 is 27.9 Å². The summed E-state index contributed by atoms with van der Waals surface area (Å²) in [6, 6.07) is 16.6. The van der Waals surface area contributed by atoms with Crippen LogP contribution in [0.4, 0.5) is 0 Å². The molecule has 0 bridgehead atoms. The van der Waals surface area contributed by atoms with Crippen molar-refractivity contribution in [1.29, 1.82) is 0 Å². The second-order valence-corrected chi connectivity index (χ2v) is 11.0. The number of esters is 1. The number of carbonyl (C=O) groups excluding carboxylic acids is 1. The summed E-state index contributed by atoms with van der Waals surface area (Å²) in [7, 11) is -4.00. The molecule has 2 aromatic rings. The molecule has 1 fully saturated rings. The third-order valence-corrected chi connectivity index (χ3v) is 8.07. The summed E-state index contributed by atoms with van der Waals surface area (Å²) < 4.78 is 36.9. The Morgan fingerprint density at radius 1 is 1.15 bits per heavy atom. The number of amidine groups is 1. The van der Waals surface area contributed by atoms with Gasteiger partial charge in [-0.15, -0.1) is 0 Å². The lowest BCUT2D eigenvalue weighted by Crippen LogP contribution is -2.47. The SMILES string of the molecule is C[C@H](NP(=O)(OCC1CC[C@H](N2C=NC3C(N)=NC=NC32)O1)Oc1ccccc1)C(=O)OCc1ccccc1. The molecule has 13 heteroatoms. The van der Waals surface area contributed by atoms with E-state index in [1.54, 1.807) is 37.5 Å². The largest absolute Gasteiger partial charge is 0.460 e. The van der Waals surface area contributed by atoms with Gasteiger partial charge in [-0.1, -0.05) is 48.5 Å². The molecule has 2 aromatic carbocycles. The molecule has 0 radical (unpaired) electrons. The van der Waals surface area contributed by atoms with Gasteiger partial charge in [0.1, 0.15) is 42.8 Å². The highest BCUT2D eigenvalue weighted by Gasteiger charge is 2.42. The van der Waals surface area contributed by atoms with Gasteiger partial charge in [0.2, 0.25) is 0 Å². The van der Waals surface area contributed by atoms with Crippen LogP contribution in [-0.4, -0.2) is 66.6 Å². The monoisotopic (exact) mass is 554 g/mol. The number of aliphatic imine (C=N–C) groups is 3. The molecule has 3 heterocycles. The molecule has 6 atom stereocenters. The van der Waals surface area contributed by atoms with Gasteiger partial charge in [-0.3, -0.25) is 14.3 Å². The lowest BCUT2D eigenvalue weighted by Gasteiger charge is -2.30. The highest BCUT2D eigenvalue weighted by Crippen LogP contribution is 2.45. The zero-order valence-electron chi connectivity index (χ0n) is 21.4. The minimum absolute atomic E-state index is 0.0225. The van der Waals surface area contributed by atoms with Gasteiger partial charge in [-0.2, -0.15) is 5.09 Å². The van der Waals surface area contributed by atoms with Crippen molar-refractivity contribution in [2.24, 2.45) is 20.7 Å². The summed E-state index contributed by atoms with van der Waals surface area (Å²) in [6.07, 6.45) is 3.49. The van der Waals surface area contributed by atoms with Crippen LogP contribution in [0.1, 0.15) is 25.3 Å². The summed E-state index contributed by atoms with van der Waals surface area (Å²) >= 11 is 0. The summed E-state index contributed by atoms with van der Waals surface area (Å²) in [4.78, 5) is 27.4. The highest BCUT2D eigenvalue weighted by atomic mass is 31.2. The van der Waals surface area contributed by atoms with Gasteiger partial charge in [0.25, 0.3) is 0 Å². The molecule has 0 aromatic heterocycles. The van der Waals surface area contributed by atoms with E-state index in [2.05, 4.69) is 20.1 Å². The molecule has 206 valence electrons. The number of nitrogens with two attached hydrogens (primary N) is 1. The number of para-hydroxylation sites is 1. The summed E-state index contributed by atoms with van der Waals surface area (Å²) in [6.45, 7) is 1.62. The molecule has 0 saturated carbocycles. The fourth-order valence-electron chi connectivity index (χ4n) is 4.40. The van der Waals surface area contributed by atoms with Crippen LogP contribution in [-0.2, 0) is 30.0 Å². The molecule has 12 nitrogen and oxygen atoms in total. The first kappa shape index (κ1) is 27.0. The molecule has 3 aliphatic heterocycles. The van der Waals surface area contributed by atoms with Crippen molar-refractivity contribution >= 4 is 32.2 Å². The Kier molecular flexibility index (Phi) is 8.37. The van der Waals surface area contributed by atoms with Gasteiger partial charge in [0.05, 0.1) is 19.0 Å². The van der Waals surface area contributed by atoms with Gasteiger partial charge >= 0.3 is 13.7 Å². The molecule has 0 aliphatic carbocycles.